The number of halogens is 1. The van der Waals surface area contributed by atoms with Gasteiger partial charge in [-0.05, 0) is 52.4 Å². The third-order valence-corrected chi connectivity index (χ3v) is 3.24. The highest BCUT2D eigenvalue weighted by atomic mass is 127. The lowest BCUT2D eigenvalue weighted by Gasteiger charge is -2.09. The molecule has 0 saturated heterocycles. The number of carbonyl (C=O) groups is 1. The maximum atomic E-state index is 12.1. The van der Waals surface area contributed by atoms with Gasteiger partial charge >= 0.3 is 0 Å². The Balaban J connectivity index is 2.21. The van der Waals surface area contributed by atoms with Gasteiger partial charge in [0.1, 0.15) is 0 Å². The molecular formula is C14H13IN2O. The number of hydrogen-bond acceptors (Lipinski definition) is 2. The van der Waals surface area contributed by atoms with E-state index in [1.54, 1.807) is 6.07 Å². The normalized spacial score (nSPS) is 10.1. The van der Waals surface area contributed by atoms with Crippen molar-refractivity contribution in [2.24, 2.45) is 5.73 Å². The number of amides is 1. The topological polar surface area (TPSA) is 55.1 Å². The van der Waals surface area contributed by atoms with E-state index in [4.69, 9.17) is 5.73 Å². The Morgan fingerprint density at radius 1 is 1.17 bits per heavy atom. The second-order valence-corrected chi connectivity index (χ2v) is 5.07. The van der Waals surface area contributed by atoms with Gasteiger partial charge in [0, 0.05) is 21.4 Å². The molecule has 0 saturated carbocycles. The molecule has 0 aliphatic rings. The first-order valence-corrected chi connectivity index (χ1v) is 6.63. The van der Waals surface area contributed by atoms with Crippen molar-refractivity contribution in [3.05, 3.63) is 63.2 Å². The number of benzene rings is 2. The van der Waals surface area contributed by atoms with Crippen molar-refractivity contribution < 1.29 is 4.79 Å². The van der Waals surface area contributed by atoms with Gasteiger partial charge in [0.15, 0.2) is 0 Å². The molecule has 2 aromatic carbocycles. The predicted octanol–water partition coefficient (Wildman–Crippen LogP) is 3.00. The van der Waals surface area contributed by atoms with E-state index in [0.29, 0.717) is 12.1 Å². The minimum Gasteiger partial charge on any atom is -0.326 e. The van der Waals surface area contributed by atoms with Gasteiger partial charge < -0.3 is 11.1 Å². The van der Waals surface area contributed by atoms with Crippen LogP contribution in [0.3, 0.4) is 0 Å². The van der Waals surface area contributed by atoms with E-state index in [-0.39, 0.29) is 5.91 Å². The van der Waals surface area contributed by atoms with Crippen molar-refractivity contribution in [2.75, 3.05) is 5.32 Å². The summed E-state index contributed by atoms with van der Waals surface area (Å²) in [6.45, 7) is 0.406. The van der Waals surface area contributed by atoms with Crippen molar-refractivity contribution in [1.29, 1.82) is 0 Å². The highest BCUT2D eigenvalue weighted by molar-refractivity contribution is 14.1. The molecule has 18 heavy (non-hydrogen) atoms. The third-order valence-electron chi connectivity index (χ3n) is 2.57. The maximum Gasteiger partial charge on any atom is 0.255 e. The lowest BCUT2D eigenvalue weighted by molar-refractivity contribution is 0.102. The molecular weight excluding hydrogens is 339 g/mol. The van der Waals surface area contributed by atoms with Crippen LogP contribution in [0.5, 0.6) is 0 Å². The summed E-state index contributed by atoms with van der Waals surface area (Å²) >= 11 is 2.18. The predicted molar refractivity (Wildman–Crippen MR) is 81.4 cm³/mol. The first-order valence-electron chi connectivity index (χ1n) is 5.55. The molecule has 0 bridgehead atoms. The zero-order chi connectivity index (χ0) is 13.0. The SMILES string of the molecule is NCc1ccccc1NC(=O)c1cccc(I)c1. The summed E-state index contributed by atoms with van der Waals surface area (Å²) in [4.78, 5) is 12.1. The van der Waals surface area contributed by atoms with Crippen LogP contribution in [-0.2, 0) is 6.54 Å². The van der Waals surface area contributed by atoms with Gasteiger partial charge in [-0.25, -0.2) is 0 Å². The number of anilines is 1. The fourth-order valence-corrected chi connectivity index (χ4v) is 2.19. The molecule has 3 nitrogen and oxygen atoms in total. The summed E-state index contributed by atoms with van der Waals surface area (Å²) in [6, 6.07) is 15.0. The Morgan fingerprint density at radius 2 is 1.94 bits per heavy atom. The number of hydrogen-bond donors (Lipinski definition) is 2. The average Bonchev–Trinajstić information content (AvgIpc) is 2.39. The zero-order valence-corrected chi connectivity index (χ0v) is 11.8. The van der Waals surface area contributed by atoms with Crippen LogP contribution in [0.25, 0.3) is 0 Å². The van der Waals surface area contributed by atoms with Crippen molar-refractivity contribution in [1.82, 2.24) is 0 Å². The first kappa shape index (κ1) is 13.0. The van der Waals surface area contributed by atoms with Crippen molar-refractivity contribution in [2.45, 2.75) is 6.54 Å². The molecule has 0 heterocycles. The number of nitrogens with two attached hydrogens (primary N) is 1. The fourth-order valence-electron chi connectivity index (χ4n) is 1.64. The molecule has 4 heteroatoms. The van der Waals surface area contributed by atoms with Crippen LogP contribution < -0.4 is 11.1 Å². The first-order chi connectivity index (χ1) is 8.70. The summed E-state index contributed by atoms with van der Waals surface area (Å²) in [5.74, 6) is -0.116. The Morgan fingerprint density at radius 3 is 2.67 bits per heavy atom. The number of rotatable bonds is 3. The van der Waals surface area contributed by atoms with E-state index in [9.17, 15) is 4.79 Å². The summed E-state index contributed by atoms with van der Waals surface area (Å²) in [5.41, 5.74) is 7.98. The van der Waals surface area contributed by atoms with E-state index in [2.05, 4.69) is 27.9 Å². The summed E-state index contributed by atoms with van der Waals surface area (Å²) in [7, 11) is 0. The van der Waals surface area contributed by atoms with Crippen LogP contribution >= 0.6 is 22.6 Å². The maximum absolute atomic E-state index is 12.1. The van der Waals surface area contributed by atoms with E-state index in [1.807, 2.05) is 42.5 Å². The molecule has 0 spiro atoms. The Hall–Kier alpha value is -1.40. The highest BCUT2D eigenvalue weighted by Gasteiger charge is 2.08. The molecule has 2 aromatic rings. The van der Waals surface area contributed by atoms with Crippen LogP contribution in [0.4, 0.5) is 5.69 Å². The zero-order valence-electron chi connectivity index (χ0n) is 9.69. The average molecular weight is 352 g/mol. The lowest BCUT2D eigenvalue weighted by atomic mass is 10.1. The second kappa shape index (κ2) is 5.97. The second-order valence-electron chi connectivity index (χ2n) is 3.83. The summed E-state index contributed by atoms with van der Waals surface area (Å²) in [5, 5.41) is 2.88. The molecule has 0 radical (unpaired) electrons. The number of nitrogens with one attached hydrogen (secondary N) is 1. The third kappa shape index (κ3) is 3.08. The molecule has 3 N–H and O–H groups in total. The molecule has 0 aliphatic carbocycles. The Kier molecular flexibility index (Phi) is 4.33. The van der Waals surface area contributed by atoms with Gasteiger partial charge in [-0.2, -0.15) is 0 Å². The molecule has 0 aliphatic heterocycles. The quantitative estimate of drug-likeness (QED) is 0.835. The lowest BCUT2D eigenvalue weighted by Crippen LogP contribution is -2.14. The molecule has 92 valence electrons. The monoisotopic (exact) mass is 352 g/mol. The highest BCUT2D eigenvalue weighted by Crippen LogP contribution is 2.16. The van der Waals surface area contributed by atoms with E-state index < -0.39 is 0 Å². The van der Waals surface area contributed by atoms with E-state index in [0.717, 1.165) is 14.8 Å². The molecule has 0 atom stereocenters. The molecule has 0 unspecified atom stereocenters. The minimum atomic E-state index is -0.116. The summed E-state index contributed by atoms with van der Waals surface area (Å²) in [6.07, 6.45) is 0. The van der Waals surface area contributed by atoms with Crippen LogP contribution in [0.1, 0.15) is 15.9 Å². The van der Waals surface area contributed by atoms with Crippen LogP contribution in [-0.4, -0.2) is 5.91 Å². The number of carbonyl (C=O) groups excluding carboxylic acids is 1. The van der Waals surface area contributed by atoms with Crippen molar-refractivity contribution in [3.8, 4) is 0 Å². The fraction of sp³-hybridized carbons (Fsp3) is 0.0714. The Labute approximate surface area is 120 Å². The minimum absolute atomic E-state index is 0.116. The smallest absolute Gasteiger partial charge is 0.255 e. The molecule has 0 fully saturated rings. The molecule has 1 amide bonds. The van der Waals surface area contributed by atoms with Crippen LogP contribution in [0, 0.1) is 3.57 Å². The van der Waals surface area contributed by atoms with E-state index in [1.165, 1.54) is 0 Å². The van der Waals surface area contributed by atoms with Gasteiger partial charge in [0.05, 0.1) is 0 Å². The largest absolute Gasteiger partial charge is 0.326 e. The van der Waals surface area contributed by atoms with Gasteiger partial charge in [-0.15, -0.1) is 0 Å². The molecule has 2 rings (SSSR count). The van der Waals surface area contributed by atoms with Gasteiger partial charge in [0.25, 0.3) is 5.91 Å². The van der Waals surface area contributed by atoms with E-state index >= 15 is 0 Å². The molecule has 0 aromatic heterocycles. The van der Waals surface area contributed by atoms with Crippen LogP contribution in [0.2, 0.25) is 0 Å². The summed E-state index contributed by atoms with van der Waals surface area (Å²) < 4.78 is 1.03. The van der Waals surface area contributed by atoms with Crippen molar-refractivity contribution >= 4 is 34.2 Å². The number of para-hydroxylation sites is 1. The van der Waals surface area contributed by atoms with Gasteiger partial charge in [0.2, 0.25) is 0 Å². The van der Waals surface area contributed by atoms with Gasteiger partial charge in [-0.3, -0.25) is 4.79 Å². The van der Waals surface area contributed by atoms with Crippen molar-refractivity contribution in [3.63, 3.8) is 0 Å². The van der Waals surface area contributed by atoms with Crippen LogP contribution in [0.15, 0.2) is 48.5 Å². The standard InChI is InChI=1S/C14H13IN2O/c15-12-6-3-5-10(8-12)14(18)17-13-7-2-1-4-11(13)9-16/h1-8H,9,16H2,(H,17,18). The van der Waals surface area contributed by atoms with Gasteiger partial charge in [-0.1, -0.05) is 24.3 Å². The Bertz CT molecular complexity index is 569.